The van der Waals surface area contributed by atoms with Gasteiger partial charge in [-0.1, -0.05) is 0 Å². The number of alkyl halides is 3. The monoisotopic (exact) mass is 305 g/mol. The molecule has 0 spiro atoms. The van der Waals surface area contributed by atoms with Crippen LogP contribution in [0.4, 0.5) is 13.2 Å². The lowest BCUT2D eigenvalue weighted by Crippen LogP contribution is -2.42. The quantitative estimate of drug-likeness (QED) is 0.720. The van der Waals surface area contributed by atoms with E-state index in [9.17, 15) is 26.4 Å². The van der Waals surface area contributed by atoms with Crippen LogP contribution in [0.1, 0.15) is 12.8 Å². The Balaban J connectivity index is 2.50. The van der Waals surface area contributed by atoms with Crippen molar-refractivity contribution < 1.29 is 36.2 Å². The molecule has 0 aliphatic carbocycles. The van der Waals surface area contributed by atoms with E-state index in [4.69, 9.17) is 5.11 Å². The molecule has 6 nitrogen and oxygen atoms in total. The molecule has 0 amide bonds. The van der Waals surface area contributed by atoms with Gasteiger partial charge < -0.3 is 9.84 Å². The second-order valence-electron chi connectivity index (χ2n) is 4.09. The van der Waals surface area contributed by atoms with E-state index >= 15 is 0 Å². The number of halogens is 3. The fraction of sp³-hybridized carbons (Fsp3) is 0.889. The number of aliphatic carboxylic acids is 1. The van der Waals surface area contributed by atoms with Crippen molar-refractivity contribution in [2.24, 2.45) is 0 Å². The Bertz CT molecular complexity index is 422. The summed E-state index contributed by atoms with van der Waals surface area (Å²) < 4.78 is 63.9. The highest BCUT2D eigenvalue weighted by Crippen LogP contribution is 2.21. The first-order valence-corrected chi connectivity index (χ1v) is 7.11. The van der Waals surface area contributed by atoms with Crippen molar-refractivity contribution in [2.45, 2.75) is 25.1 Å². The van der Waals surface area contributed by atoms with Gasteiger partial charge in [-0.25, -0.2) is 8.42 Å². The molecule has 0 aromatic carbocycles. The summed E-state index contributed by atoms with van der Waals surface area (Å²) in [6, 6.07) is -1.13. The second-order valence-corrected chi connectivity index (χ2v) is 6.13. The number of carboxylic acids is 1. The number of rotatable bonds is 6. The zero-order valence-electron chi connectivity index (χ0n) is 9.89. The van der Waals surface area contributed by atoms with Crippen LogP contribution in [0.2, 0.25) is 0 Å². The summed E-state index contributed by atoms with van der Waals surface area (Å²) in [6.07, 6.45) is -3.89. The van der Waals surface area contributed by atoms with E-state index in [1.54, 1.807) is 0 Å². The van der Waals surface area contributed by atoms with Crippen LogP contribution >= 0.6 is 0 Å². The van der Waals surface area contributed by atoms with Crippen molar-refractivity contribution in [3.8, 4) is 0 Å². The highest BCUT2D eigenvalue weighted by molar-refractivity contribution is 7.89. The van der Waals surface area contributed by atoms with Crippen molar-refractivity contribution >= 4 is 16.0 Å². The predicted octanol–water partition coefficient (Wildman–Crippen LogP) is 0.444. The zero-order valence-corrected chi connectivity index (χ0v) is 10.7. The van der Waals surface area contributed by atoms with Crippen LogP contribution in [-0.2, 0) is 19.6 Å². The molecule has 0 bridgehead atoms. The van der Waals surface area contributed by atoms with Crippen LogP contribution in [0.3, 0.4) is 0 Å². The summed E-state index contributed by atoms with van der Waals surface area (Å²) in [5, 5.41) is 8.84. The van der Waals surface area contributed by atoms with Crippen molar-refractivity contribution in [1.29, 1.82) is 0 Å². The number of carbonyl (C=O) groups is 1. The predicted molar refractivity (Wildman–Crippen MR) is 58.0 cm³/mol. The summed E-state index contributed by atoms with van der Waals surface area (Å²) in [4.78, 5) is 10.8. The van der Waals surface area contributed by atoms with Gasteiger partial charge in [-0.3, -0.25) is 4.79 Å². The largest absolute Gasteiger partial charge is 0.480 e. The van der Waals surface area contributed by atoms with Crippen LogP contribution in [0.5, 0.6) is 0 Å². The smallest absolute Gasteiger partial charge is 0.411 e. The molecular weight excluding hydrogens is 291 g/mol. The maximum absolute atomic E-state index is 11.8. The molecule has 1 atom stereocenters. The number of hydrogen-bond donors (Lipinski definition) is 1. The number of ether oxygens (including phenoxy) is 1. The van der Waals surface area contributed by atoms with Crippen LogP contribution in [0.15, 0.2) is 0 Å². The Morgan fingerprint density at radius 2 is 2.05 bits per heavy atom. The summed E-state index contributed by atoms with van der Waals surface area (Å²) in [6.45, 7) is -2.08. The lowest BCUT2D eigenvalue weighted by molar-refractivity contribution is -0.172. The number of carboxylic acid groups (broad SMARTS) is 1. The molecule has 1 fully saturated rings. The maximum Gasteiger partial charge on any atom is 0.411 e. The van der Waals surface area contributed by atoms with Crippen LogP contribution in [0, 0.1) is 0 Å². The molecule has 0 radical (unpaired) electrons. The van der Waals surface area contributed by atoms with Gasteiger partial charge in [-0.2, -0.15) is 17.5 Å². The molecular formula is C9H14F3NO5S. The first-order valence-electron chi connectivity index (χ1n) is 5.50. The van der Waals surface area contributed by atoms with Crippen LogP contribution in [-0.4, -0.2) is 61.5 Å². The molecule has 112 valence electrons. The van der Waals surface area contributed by atoms with Gasteiger partial charge in [-0.05, 0) is 12.8 Å². The highest BCUT2D eigenvalue weighted by atomic mass is 32.2. The first kappa shape index (κ1) is 16.2. The maximum atomic E-state index is 11.8. The molecule has 1 aliphatic rings. The fourth-order valence-electron chi connectivity index (χ4n) is 1.79. The lowest BCUT2D eigenvalue weighted by atomic mass is 10.2. The first-order chi connectivity index (χ1) is 8.63. The second kappa shape index (κ2) is 6.06. The summed E-state index contributed by atoms with van der Waals surface area (Å²) in [5.41, 5.74) is 0. The minimum Gasteiger partial charge on any atom is -0.480 e. The number of sulfonamides is 1. The van der Waals surface area contributed by atoms with Crippen molar-refractivity contribution in [2.75, 3.05) is 25.5 Å². The minimum absolute atomic E-state index is 0.0680. The standard InChI is InChI=1S/C9H14F3NO5S/c10-9(11,12)6-18-4-5-19(16,17)13-3-1-2-7(13)8(14)15/h7H,1-6H2,(H,14,15)/t7-/m1/s1. The van der Waals surface area contributed by atoms with Crippen LogP contribution < -0.4 is 0 Å². The lowest BCUT2D eigenvalue weighted by Gasteiger charge is -2.20. The average molecular weight is 305 g/mol. The van der Waals surface area contributed by atoms with E-state index in [-0.39, 0.29) is 13.0 Å². The Kier molecular flexibility index (Phi) is 5.16. The average Bonchev–Trinajstić information content (AvgIpc) is 2.72. The Morgan fingerprint density at radius 3 is 2.58 bits per heavy atom. The molecule has 19 heavy (non-hydrogen) atoms. The normalized spacial score (nSPS) is 21.7. The molecule has 1 aliphatic heterocycles. The Hall–Kier alpha value is -0.870. The van der Waals surface area contributed by atoms with E-state index in [0.717, 1.165) is 4.31 Å². The molecule has 0 saturated carbocycles. The topological polar surface area (TPSA) is 83.9 Å². The summed E-state index contributed by atoms with van der Waals surface area (Å²) in [5.74, 6) is -1.91. The zero-order chi connectivity index (χ0) is 14.7. The SMILES string of the molecule is O=C(O)[C@H]1CCCN1S(=O)(=O)CCOCC(F)(F)F. The Morgan fingerprint density at radius 1 is 1.42 bits per heavy atom. The summed E-state index contributed by atoms with van der Waals surface area (Å²) >= 11 is 0. The number of hydrogen-bond acceptors (Lipinski definition) is 4. The van der Waals surface area contributed by atoms with Gasteiger partial charge in [0.15, 0.2) is 0 Å². The van der Waals surface area contributed by atoms with Gasteiger partial charge in [0.05, 0.1) is 12.4 Å². The van der Waals surface area contributed by atoms with Gasteiger partial charge in [0.2, 0.25) is 10.0 Å². The van der Waals surface area contributed by atoms with Gasteiger partial charge in [-0.15, -0.1) is 0 Å². The third kappa shape index (κ3) is 4.96. The van der Waals surface area contributed by atoms with Gasteiger partial charge in [0.25, 0.3) is 0 Å². The molecule has 0 unspecified atom stereocenters. The molecule has 0 aromatic heterocycles. The fourth-order valence-corrected chi connectivity index (χ4v) is 3.34. The van der Waals surface area contributed by atoms with E-state index in [2.05, 4.69) is 4.74 Å². The van der Waals surface area contributed by atoms with E-state index in [1.807, 2.05) is 0 Å². The molecule has 1 saturated heterocycles. The van der Waals surface area contributed by atoms with E-state index in [1.165, 1.54) is 0 Å². The highest BCUT2D eigenvalue weighted by Gasteiger charge is 2.38. The van der Waals surface area contributed by atoms with Crippen molar-refractivity contribution in [3.63, 3.8) is 0 Å². The molecule has 10 heteroatoms. The van der Waals surface area contributed by atoms with Crippen molar-refractivity contribution in [3.05, 3.63) is 0 Å². The van der Waals surface area contributed by atoms with Gasteiger partial charge in [0, 0.05) is 6.54 Å². The van der Waals surface area contributed by atoms with Gasteiger partial charge in [0.1, 0.15) is 12.6 Å². The molecule has 1 heterocycles. The van der Waals surface area contributed by atoms with Gasteiger partial charge >= 0.3 is 12.1 Å². The van der Waals surface area contributed by atoms with E-state index < -0.39 is 47.2 Å². The Labute approximate surface area is 108 Å². The van der Waals surface area contributed by atoms with E-state index in [0.29, 0.717) is 6.42 Å². The molecule has 1 rings (SSSR count). The third-order valence-electron chi connectivity index (χ3n) is 2.60. The molecule has 1 N–H and O–H groups in total. The third-order valence-corrected chi connectivity index (χ3v) is 4.43. The van der Waals surface area contributed by atoms with Crippen LogP contribution in [0.25, 0.3) is 0 Å². The molecule has 0 aromatic rings. The summed E-state index contributed by atoms with van der Waals surface area (Å²) in [7, 11) is -3.91. The number of nitrogens with zero attached hydrogens (tertiary/aromatic N) is 1. The van der Waals surface area contributed by atoms with Crippen molar-refractivity contribution in [1.82, 2.24) is 4.31 Å². The minimum atomic E-state index is -4.51.